The molecule has 0 unspecified atom stereocenters. The van der Waals surface area contributed by atoms with Crippen molar-refractivity contribution >= 4 is 33.0 Å². The number of hydrogen-bond donors (Lipinski definition) is 1. The minimum absolute atomic E-state index is 0.203. The van der Waals surface area contributed by atoms with Gasteiger partial charge in [0.25, 0.3) is 0 Å². The Hall–Kier alpha value is -3.05. The number of benzene rings is 1. The second kappa shape index (κ2) is 7.41. The number of rotatable bonds is 4. The van der Waals surface area contributed by atoms with Gasteiger partial charge in [0, 0.05) is 44.9 Å². The number of hydrogen-bond acceptors (Lipinski definition) is 7. The van der Waals surface area contributed by atoms with Crippen LogP contribution < -0.4 is 10.2 Å². The van der Waals surface area contributed by atoms with Crippen LogP contribution in [0.3, 0.4) is 0 Å². The first kappa shape index (κ1) is 19.3. The lowest BCUT2D eigenvalue weighted by atomic mass is 10.3. The minimum Gasteiger partial charge on any atom is -0.367 e. The molecule has 10 nitrogen and oxygen atoms in total. The molecule has 0 atom stereocenters. The van der Waals surface area contributed by atoms with Crippen LogP contribution in [0.4, 0.5) is 11.4 Å². The summed E-state index contributed by atoms with van der Waals surface area (Å²) in [5.41, 5.74) is 2.11. The van der Waals surface area contributed by atoms with Gasteiger partial charge < -0.3 is 10.2 Å². The van der Waals surface area contributed by atoms with Crippen LogP contribution in [-0.4, -0.2) is 64.6 Å². The van der Waals surface area contributed by atoms with Crippen LogP contribution in [0.15, 0.2) is 41.4 Å². The van der Waals surface area contributed by atoms with Crippen molar-refractivity contribution in [3.63, 3.8) is 0 Å². The first-order valence-corrected chi connectivity index (χ1v) is 10.6. The first-order chi connectivity index (χ1) is 13.8. The molecule has 29 heavy (non-hydrogen) atoms. The summed E-state index contributed by atoms with van der Waals surface area (Å²) in [6.45, 7) is 5.07. The number of aromatic nitrogens is 4. The Labute approximate surface area is 168 Å². The number of carbonyl (C=O) groups is 1. The first-order valence-electron chi connectivity index (χ1n) is 9.15. The fourth-order valence-electron chi connectivity index (χ4n) is 3.32. The predicted molar refractivity (Wildman–Crippen MR) is 107 cm³/mol. The van der Waals surface area contributed by atoms with E-state index in [1.54, 1.807) is 22.8 Å². The number of sulfonamides is 1. The molecule has 11 heteroatoms. The van der Waals surface area contributed by atoms with Gasteiger partial charge in [-0.2, -0.15) is 13.9 Å². The number of carbonyl (C=O) groups excluding carboxylic acids is 1. The highest BCUT2D eigenvalue weighted by molar-refractivity contribution is 7.89. The van der Waals surface area contributed by atoms with Crippen molar-refractivity contribution in [2.24, 2.45) is 0 Å². The van der Waals surface area contributed by atoms with E-state index in [1.807, 2.05) is 13.0 Å². The minimum atomic E-state index is -3.59. The van der Waals surface area contributed by atoms with E-state index in [1.165, 1.54) is 23.4 Å². The van der Waals surface area contributed by atoms with E-state index in [9.17, 15) is 13.2 Å². The summed E-state index contributed by atoms with van der Waals surface area (Å²) in [6, 6.07) is 8.10. The average molecular weight is 415 g/mol. The number of fused-ring (bicyclic) bond motifs is 1. The van der Waals surface area contributed by atoms with E-state index < -0.39 is 10.0 Å². The molecule has 1 saturated heterocycles. The average Bonchev–Trinajstić information content (AvgIpc) is 3.08. The van der Waals surface area contributed by atoms with Gasteiger partial charge in [0.05, 0.1) is 16.8 Å². The van der Waals surface area contributed by atoms with Crippen LogP contribution in [0.2, 0.25) is 0 Å². The summed E-state index contributed by atoms with van der Waals surface area (Å²) in [6.07, 6.45) is 1.74. The van der Waals surface area contributed by atoms with Crippen molar-refractivity contribution in [2.45, 2.75) is 18.7 Å². The summed E-state index contributed by atoms with van der Waals surface area (Å²) in [4.78, 5) is 13.4. The van der Waals surface area contributed by atoms with E-state index in [4.69, 9.17) is 0 Å². The van der Waals surface area contributed by atoms with Crippen molar-refractivity contribution in [3.8, 4) is 0 Å². The molecule has 1 N–H and O–H groups in total. The molecule has 0 radical (unpaired) electrons. The van der Waals surface area contributed by atoms with Gasteiger partial charge in [-0.15, -0.1) is 10.2 Å². The van der Waals surface area contributed by atoms with Crippen molar-refractivity contribution in [1.29, 1.82) is 0 Å². The van der Waals surface area contributed by atoms with Crippen molar-refractivity contribution in [2.75, 3.05) is 36.4 Å². The highest BCUT2D eigenvalue weighted by Crippen LogP contribution is 2.22. The summed E-state index contributed by atoms with van der Waals surface area (Å²) in [7, 11) is -3.59. The molecule has 152 valence electrons. The van der Waals surface area contributed by atoms with Gasteiger partial charge in [0.2, 0.25) is 15.9 Å². The van der Waals surface area contributed by atoms with Gasteiger partial charge in [-0.25, -0.2) is 8.42 Å². The zero-order chi connectivity index (χ0) is 20.6. The number of anilines is 2. The van der Waals surface area contributed by atoms with Crippen molar-refractivity contribution < 1.29 is 13.2 Å². The van der Waals surface area contributed by atoms with Gasteiger partial charge in [-0.05, 0) is 31.2 Å². The van der Waals surface area contributed by atoms with Crippen molar-refractivity contribution in [3.05, 3.63) is 42.4 Å². The molecule has 1 aliphatic rings. The molecular weight excluding hydrogens is 394 g/mol. The van der Waals surface area contributed by atoms with Crippen LogP contribution >= 0.6 is 0 Å². The summed E-state index contributed by atoms with van der Waals surface area (Å²) >= 11 is 0. The number of aryl methyl sites for hydroxylation is 1. The molecular formula is C18H21N7O3S. The molecule has 4 rings (SSSR count). The molecule has 1 amide bonds. The molecule has 0 aliphatic carbocycles. The molecule has 3 aromatic rings. The monoisotopic (exact) mass is 415 g/mol. The van der Waals surface area contributed by atoms with Gasteiger partial charge in [0.15, 0.2) is 11.5 Å². The van der Waals surface area contributed by atoms with E-state index in [0.717, 1.165) is 5.69 Å². The molecule has 1 fully saturated rings. The molecule has 0 spiro atoms. The quantitative estimate of drug-likeness (QED) is 0.674. The van der Waals surface area contributed by atoms with E-state index in [-0.39, 0.29) is 10.8 Å². The number of nitrogens with zero attached hydrogens (tertiary/aromatic N) is 6. The van der Waals surface area contributed by atoms with Gasteiger partial charge in [0.1, 0.15) is 0 Å². The SMILES string of the molecule is CC(=O)Nc1ccc(S(=O)(=O)N2CCN(c3cnn4c(C)nnc4c3)CC2)cc1. The maximum Gasteiger partial charge on any atom is 0.243 e. The van der Waals surface area contributed by atoms with E-state index >= 15 is 0 Å². The Morgan fingerprint density at radius 3 is 2.41 bits per heavy atom. The zero-order valence-corrected chi connectivity index (χ0v) is 16.9. The van der Waals surface area contributed by atoms with Gasteiger partial charge in [-0.3, -0.25) is 4.79 Å². The largest absolute Gasteiger partial charge is 0.367 e. The van der Waals surface area contributed by atoms with Crippen LogP contribution in [0, 0.1) is 6.92 Å². The molecule has 1 aliphatic heterocycles. The topological polar surface area (TPSA) is 113 Å². The molecule has 3 heterocycles. The van der Waals surface area contributed by atoms with Crippen LogP contribution in [0.25, 0.3) is 5.65 Å². The highest BCUT2D eigenvalue weighted by Gasteiger charge is 2.28. The Kier molecular flexibility index (Phi) is 4.92. The number of piperazine rings is 1. The number of amides is 1. The van der Waals surface area contributed by atoms with Crippen molar-refractivity contribution in [1.82, 2.24) is 24.1 Å². The van der Waals surface area contributed by atoms with Crippen LogP contribution in [0.1, 0.15) is 12.7 Å². The summed E-state index contributed by atoms with van der Waals surface area (Å²) in [5, 5.41) is 15.1. The number of nitrogens with one attached hydrogen (secondary N) is 1. The lowest BCUT2D eigenvalue weighted by Crippen LogP contribution is -2.48. The summed E-state index contributed by atoms with van der Waals surface area (Å²) < 4.78 is 29.0. The predicted octanol–water partition coefficient (Wildman–Crippen LogP) is 0.902. The zero-order valence-electron chi connectivity index (χ0n) is 16.1. The second-order valence-corrected chi connectivity index (χ2v) is 8.77. The lowest BCUT2D eigenvalue weighted by Gasteiger charge is -2.35. The standard InChI is InChI=1S/C18H21N7O3S/c1-13-21-22-18-11-16(12-19-25(13)18)23-7-9-24(10-8-23)29(27,28)17-5-3-15(4-6-17)20-14(2)26/h3-6,11-12H,7-10H2,1-2H3,(H,20,26). The normalized spacial score (nSPS) is 15.6. The second-order valence-electron chi connectivity index (χ2n) is 6.83. The Balaban J connectivity index is 1.45. The van der Waals surface area contributed by atoms with Crippen LogP contribution in [-0.2, 0) is 14.8 Å². The Bertz CT molecular complexity index is 1150. The fourth-order valence-corrected chi connectivity index (χ4v) is 4.74. The van der Waals surface area contributed by atoms with E-state index in [2.05, 4.69) is 25.5 Å². The lowest BCUT2D eigenvalue weighted by molar-refractivity contribution is -0.114. The summed E-state index contributed by atoms with van der Waals surface area (Å²) in [5.74, 6) is 0.512. The highest BCUT2D eigenvalue weighted by atomic mass is 32.2. The van der Waals surface area contributed by atoms with E-state index in [0.29, 0.717) is 43.3 Å². The molecule has 0 bridgehead atoms. The third-order valence-corrected chi connectivity index (χ3v) is 6.73. The third kappa shape index (κ3) is 3.78. The van der Waals surface area contributed by atoms with Gasteiger partial charge >= 0.3 is 0 Å². The third-order valence-electron chi connectivity index (χ3n) is 4.82. The fraction of sp³-hybridized carbons (Fsp3) is 0.333. The van der Waals surface area contributed by atoms with Crippen LogP contribution in [0.5, 0.6) is 0 Å². The maximum atomic E-state index is 12.9. The van der Waals surface area contributed by atoms with Gasteiger partial charge in [-0.1, -0.05) is 0 Å². The molecule has 0 saturated carbocycles. The molecule has 1 aromatic carbocycles. The Morgan fingerprint density at radius 2 is 1.76 bits per heavy atom. The Morgan fingerprint density at radius 1 is 1.07 bits per heavy atom. The maximum absolute atomic E-state index is 12.9. The molecule has 2 aromatic heterocycles. The smallest absolute Gasteiger partial charge is 0.243 e.